The Morgan fingerprint density at radius 1 is 0.893 bits per heavy atom. The first kappa shape index (κ1) is 26.2. The lowest BCUT2D eigenvalue weighted by atomic mass is 9.97. The molecular formula is C23H37F3N2. The Morgan fingerprint density at radius 3 is 1.82 bits per heavy atom. The van der Waals surface area contributed by atoms with Crippen LogP contribution >= 0.6 is 0 Å². The molecule has 1 aliphatic carbocycles. The van der Waals surface area contributed by atoms with Gasteiger partial charge in [-0.15, -0.1) is 26.3 Å². The number of piperidine rings is 1. The van der Waals surface area contributed by atoms with Gasteiger partial charge in [0.2, 0.25) is 0 Å². The standard InChI is InChI=1S/C13H16F3N.C6H13N.2C2H4/c1-10-3-2-8-17(9-10)12-6-4-11(5-7-12)13(14,15)16;7-6-4-2-1-3-5-6;2*1-2/h4-7,10H,2-3,8-9H2,1H3;6H,1-5,7H2;2*1-2H2/t10-;;;/m1.../s1. The fourth-order valence-corrected chi connectivity index (χ4v) is 3.42. The molecule has 1 aromatic rings. The van der Waals surface area contributed by atoms with Crippen LogP contribution in [-0.2, 0) is 6.18 Å². The predicted octanol–water partition coefficient (Wildman–Crippen LogP) is 6.82. The number of hydrogen-bond acceptors (Lipinski definition) is 2. The van der Waals surface area contributed by atoms with Crippen LogP contribution < -0.4 is 10.6 Å². The van der Waals surface area contributed by atoms with E-state index in [1.807, 2.05) is 0 Å². The summed E-state index contributed by atoms with van der Waals surface area (Å²) in [5.41, 5.74) is 5.95. The fraction of sp³-hybridized carbons (Fsp3) is 0.565. The minimum Gasteiger partial charge on any atom is -0.371 e. The summed E-state index contributed by atoms with van der Waals surface area (Å²) in [5.74, 6) is 0.617. The largest absolute Gasteiger partial charge is 0.416 e. The molecule has 28 heavy (non-hydrogen) atoms. The van der Waals surface area contributed by atoms with E-state index in [0.29, 0.717) is 12.0 Å². The van der Waals surface area contributed by atoms with Gasteiger partial charge >= 0.3 is 6.18 Å². The maximum Gasteiger partial charge on any atom is 0.416 e. The lowest BCUT2D eigenvalue weighted by molar-refractivity contribution is -0.137. The molecule has 1 heterocycles. The van der Waals surface area contributed by atoms with Crippen LogP contribution in [0.15, 0.2) is 50.6 Å². The van der Waals surface area contributed by atoms with Gasteiger partial charge in [0, 0.05) is 24.8 Å². The Morgan fingerprint density at radius 2 is 1.43 bits per heavy atom. The van der Waals surface area contributed by atoms with Crippen LogP contribution in [0.4, 0.5) is 18.9 Å². The van der Waals surface area contributed by atoms with Gasteiger partial charge in [-0.1, -0.05) is 26.2 Å². The van der Waals surface area contributed by atoms with Crippen molar-refractivity contribution in [3.05, 3.63) is 56.1 Å². The molecule has 1 atom stereocenters. The second-order valence-corrected chi connectivity index (χ2v) is 7.14. The highest BCUT2D eigenvalue weighted by atomic mass is 19.4. The molecule has 1 aromatic carbocycles. The lowest BCUT2D eigenvalue weighted by Crippen LogP contribution is -2.34. The van der Waals surface area contributed by atoms with Gasteiger partial charge in [-0.05, 0) is 55.9 Å². The third-order valence-electron chi connectivity index (χ3n) is 4.87. The summed E-state index contributed by atoms with van der Waals surface area (Å²) < 4.78 is 37.2. The Hall–Kier alpha value is -1.75. The summed E-state index contributed by atoms with van der Waals surface area (Å²) in [4.78, 5) is 2.16. The summed E-state index contributed by atoms with van der Waals surface area (Å²) in [6, 6.07) is 6.00. The second kappa shape index (κ2) is 14.3. The quantitative estimate of drug-likeness (QED) is 0.526. The smallest absolute Gasteiger partial charge is 0.371 e. The fourth-order valence-electron chi connectivity index (χ4n) is 3.42. The van der Waals surface area contributed by atoms with Crippen molar-refractivity contribution in [2.75, 3.05) is 18.0 Å². The average Bonchev–Trinajstić information content (AvgIpc) is 2.72. The number of nitrogens with two attached hydrogens (primary N) is 1. The molecule has 0 spiro atoms. The highest BCUT2D eigenvalue weighted by Crippen LogP contribution is 2.31. The van der Waals surface area contributed by atoms with E-state index in [4.69, 9.17) is 5.73 Å². The maximum atomic E-state index is 12.4. The minimum atomic E-state index is -4.24. The molecular weight excluding hydrogens is 361 g/mol. The highest BCUT2D eigenvalue weighted by molar-refractivity contribution is 5.48. The Labute approximate surface area is 169 Å². The van der Waals surface area contributed by atoms with E-state index >= 15 is 0 Å². The van der Waals surface area contributed by atoms with E-state index in [1.165, 1.54) is 38.5 Å². The third-order valence-corrected chi connectivity index (χ3v) is 4.87. The topological polar surface area (TPSA) is 29.3 Å². The van der Waals surface area contributed by atoms with Crippen LogP contribution in [0.5, 0.6) is 0 Å². The number of alkyl halides is 3. The molecule has 2 nitrogen and oxygen atoms in total. The van der Waals surface area contributed by atoms with Crippen LogP contribution in [0, 0.1) is 5.92 Å². The zero-order valence-corrected chi connectivity index (χ0v) is 17.3. The van der Waals surface area contributed by atoms with E-state index in [1.54, 1.807) is 12.1 Å². The SMILES string of the molecule is C=C.C=C.C[C@@H]1CCCN(c2ccc(C(F)(F)F)cc2)C1.NC1CCCCC1. The summed E-state index contributed by atoms with van der Waals surface area (Å²) in [7, 11) is 0. The van der Waals surface area contributed by atoms with E-state index in [9.17, 15) is 13.2 Å². The number of anilines is 1. The van der Waals surface area contributed by atoms with Crippen molar-refractivity contribution in [2.45, 2.75) is 64.1 Å². The normalized spacial score (nSPS) is 19.8. The van der Waals surface area contributed by atoms with Crippen molar-refractivity contribution in [1.82, 2.24) is 0 Å². The van der Waals surface area contributed by atoms with Gasteiger partial charge in [0.15, 0.2) is 0 Å². The van der Waals surface area contributed by atoms with Gasteiger partial charge in [-0.25, -0.2) is 0 Å². The second-order valence-electron chi connectivity index (χ2n) is 7.14. The van der Waals surface area contributed by atoms with Gasteiger partial charge in [0.05, 0.1) is 5.56 Å². The molecule has 3 rings (SSSR count). The van der Waals surface area contributed by atoms with Crippen molar-refractivity contribution in [2.24, 2.45) is 11.7 Å². The third kappa shape index (κ3) is 9.98. The molecule has 5 heteroatoms. The molecule has 160 valence electrons. The molecule has 1 saturated carbocycles. The number of benzene rings is 1. The van der Waals surface area contributed by atoms with E-state index in [-0.39, 0.29) is 0 Å². The molecule has 1 aliphatic heterocycles. The average molecular weight is 399 g/mol. The van der Waals surface area contributed by atoms with Crippen molar-refractivity contribution in [1.29, 1.82) is 0 Å². The van der Waals surface area contributed by atoms with Crippen LogP contribution in [0.1, 0.15) is 57.4 Å². The number of hydrogen-bond donors (Lipinski definition) is 1. The molecule has 1 saturated heterocycles. The van der Waals surface area contributed by atoms with Crippen molar-refractivity contribution in [3.63, 3.8) is 0 Å². The molecule has 2 N–H and O–H groups in total. The Balaban J connectivity index is 0.000000553. The summed E-state index contributed by atoms with van der Waals surface area (Å²) in [6.45, 7) is 16.1. The van der Waals surface area contributed by atoms with Gasteiger partial charge in [-0.3, -0.25) is 0 Å². The van der Waals surface area contributed by atoms with Gasteiger partial charge in [0.25, 0.3) is 0 Å². The highest BCUT2D eigenvalue weighted by Gasteiger charge is 2.30. The summed E-state index contributed by atoms with van der Waals surface area (Å²) in [5, 5.41) is 0. The minimum absolute atomic E-state index is 0.536. The molecule has 2 aliphatic rings. The van der Waals surface area contributed by atoms with Crippen molar-refractivity contribution < 1.29 is 13.2 Å². The monoisotopic (exact) mass is 398 g/mol. The van der Waals surface area contributed by atoms with Gasteiger partial charge in [-0.2, -0.15) is 13.2 Å². The summed E-state index contributed by atoms with van der Waals surface area (Å²) in [6.07, 6.45) is 4.74. The number of nitrogens with zero attached hydrogens (tertiary/aromatic N) is 1. The number of halogens is 3. The van der Waals surface area contributed by atoms with Crippen LogP contribution in [0.2, 0.25) is 0 Å². The molecule has 0 radical (unpaired) electrons. The van der Waals surface area contributed by atoms with Gasteiger partial charge in [0.1, 0.15) is 0 Å². The van der Waals surface area contributed by atoms with E-state index in [2.05, 4.69) is 38.1 Å². The molecule has 0 aromatic heterocycles. The molecule has 0 amide bonds. The maximum absolute atomic E-state index is 12.4. The Bertz CT molecular complexity index is 506. The molecule has 0 unspecified atom stereocenters. The first-order chi connectivity index (χ1) is 13.4. The first-order valence-corrected chi connectivity index (χ1v) is 10.0. The molecule has 0 bridgehead atoms. The lowest BCUT2D eigenvalue weighted by Gasteiger charge is -2.32. The van der Waals surface area contributed by atoms with E-state index in [0.717, 1.165) is 37.3 Å². The van der Waals surface area contributed by atoms with E-state index < -0.39 is 11.7 Å². The molecule has 2 fully saturated rings. The first-order valence-electron chi connectivity index (χ1n) is 10.0. The zero-order valence-electron chi connectivity index (χ0n) is 17.3. The van der Waals surface area contributed by atoms with Crippen LogP contribution in [0.3, 0.4) is 0 Å². The van der Waals surface area contributed by atoms with Crippen LogP contribution in [0.25, 0.3) is 0 Å². The number of rotatable bonds is 1. The van der Waals surface area contributed by atoms with Crippen molar-refractivity contribution >= 4 is 5.69 Å². The van der Waals surface area contributed by atoms with Gasteiger partial charge < -0.3 is 10.6 Å². The predicted molar refractivity (Wildman–Crippen MR) is 116 cm³/mol. The van der Waals surface area contributed by atoms with Crippen molar-refractivity contribution in [3.8, 4) is 0 Å². The summed E-state index contributed by atoms with van der Waals surface area (Å²) >= 11 is 0. The Kier molecular flexibility index (Phi) is 13.4. The zero-order chi connectivity index (χ0) is 21.6. The van der Waals surface area contributed by atoms with Crippen LogP contribution in [-0.4, -0.2) is 19.1 Å².